The number of hydrogen-bond acceptors (Lipinski definition) is 2. The largest absolute Gasteiger partial charge is 0.327 e. The zero-order chi connectivity index (χ0) is 14.2. The van der Waals surface area contributed by atoms with E-state index in [4.69, 9.17) is 11.4 Å². The average Bonchev–Trinajstić information content (AvgIpc) is 2.81. The molecule has 0 bridgehead atoms. The molecule has 0 fully saturated rings. The van der Waals surface area contributed by atoms with Crippen molar-refractivity contribution in [3.05, 3.63) is 30.1 Å². The summed E-state index contributed by atoms with van der Waals surface area (Å²) in [5.41, 5.74) is 2.32. The molecule has 2 aromatic rings. The fourth-order valence-electron chi connectivity index (χ4n) is 2.41. The number of para-hydroxylation sites is 2. The van der Waals surface area contributed by atoms with Crippen LogP contribution >= 0.6 is 0 Å². The van der Waals surface area contributed by atoms with Crippen molar-refractivity contribution in [2.24, 2.45) is 0 Å². The Balaban J connectivity index is 1.98. The molecule has 106 valence electrons. The third kappa shape index (κ3) is 3.61. The van der Waals surface area contributed by atoms with Gasteiger partial charge in [0.15, 0.2) is 0 Å². The highest BCUT2D eigenvalue weighted by atomic mass is 15.1. The lowest BCUT2D eigenvalue weighted by molar-refractivity contribution is 0.578. The van der Waals surface area contributed by atoms with Crippen LogP contribution < -0.4 is 5.32 Å². The topological polar surface area (TPSA) is 29.9 Å². The van der Waals surface area contributed by atoms with Crippen LogP contribution in [0.1, 0.15) is 38.4 Å². The van der Waals surface area contributed by atoms with Crippen molar-refractivity contribution < 1.29 is 0 Å². The van der Waals surface area contributed by atoms with E-state index in [2.05, 4.69) is 40.9 Å². The van der Waals surface area contributed by atoms with Crippen molar-refractivity contribution >= 4 is 11.0 Å². The Kier molecular flexibility index (Phi) is 5.64. The summed E-state index contributed by atoms with van der Waals surface area (Å²) in [6.07, 6.45) is 9.45. The van der Waals surface area contributed by atoms with Crippen LogP contribution in [-0.2, 0) is 13.1 Å². The van der Waals surface area contributed by atoms with Crippen LogP contribution in [0.5, 0.6) is 0 Å². The standard InChI is InChI=1S/C17H23N3/c1-3-5-6-9-12-18-14-17-19-15-10-7-8-11-16(15)20(17)13-4-2/h1,7-8,10-11,18H,4-6,9,12-14H2,2H3. The first-order valence-electron chi connectivity index (χ1n) is 7.45. The summed E-state index contributed by atoms with van der Waals surface area (Å²) in [5.74, 6) is 3.81. The van der Waals surface area contributed by atoms with E-state index >= 15 is 0 Å². The lowest BCUT2D eigenvalue weighted by Gasteiger charge is -2.08. The highest BCUT2D eigenvalue weighted by Crippen LogP contribution is 2.16. The summed E-state index contributed by atoms with van der Waals surface area (Å²) in [7, 11) is 0. The van der Waals surface area contributed by atoms with Gasteiger partial charge in [0.05, 0.1) is 17.6 Å². The molecule has 0 saturated heterocycles. The normalized spacial score (nSPS) is 10.8. The third-order valence-corrected chi connectivity index (χ3v) is 3.39. The SMILES string of the molecule is C#CCCCCNCc1nc2ccccc2n1CCC. The van der Waals surface area contributed by atoms with Crippen LogP contribution in [-0.4, -0.2) is 16.1 Å². The van der Waals surface area contributed by atoms with Crippen molar-refractivity contribution in [3.8, 4) is 12.3 Å². The van der Waals surface area contributed by atoms with Gasteiger partial charge in [-0.1, -0.05) is 19.1 Å². The molecule has 0 unspecified atom stereocenters. The second-order valence-corrected chi connectivity index (χ2v) is 5.01. The maximum Gasteiger partial charge on any atom is 0.123 e. The van der Waals surface area contributed by atoms with E-state index in [1.54, 1.807) is 0 Å². The van der Waals surface area contributed by atoms with Crippen LogP contribution in [0.25, 0.3) is 11.0 Å². The van der Waals surface area contributed by atoms with E-state index in [9.17, 15) is 0 Å². The Hall–Kier alpha value is -1.79. The van der Waals surface area contributed by atoms with Gasteiger partial charge in [-0.3, -0.25) is 0 Å². The van der Waals surface area contributed by atoms with Gasteiger partial charge in [-0.15, -0.1) is 12.3 Å². The number of aromatic nitrogens is 2. The molecule has 3 heteroatoms. The van der Waals surface area contributed by atoms with Crippen LogP contribution in [0.2, 0.25) is 0 Å². The highest BCUT2D eigenvalue weighted by molar-refractivity contribution is 5.75. The summed E-state index contributed by atoms with van der Waals surface area (Å²) in [6, 6.07) is 8.35. The molecule has 0 aliphatic carbocycles. The zero-order valence-corrected chi connectivity index (χ0v) is 12.2. The molecule has 0 spiro atoms. The first kappa shape index (κ1) is 14.6. The minimum absolute atomic E-state index is 0.824. The fourth-order valence-corrected chi connectivity index (χ4v) is 2.41. The number of nitrogens with zero attached hydrogens (tertiary/aromatic N) is 2. The van der Waals surface area contributed by atoms with Gasteiger partial charge < -0.3 is 9.88 Å². The van der Waals surface area contributed by atoms with Gasteiger partial charge in [-0.05, 0) is 37.9 Å². The molecule has 1 N–H and O–H groups in total. The Morgan fingerprint density at radius 3 is 2.95 bits per heavy atom. The maximum absolute atomic E-state index is 5.25. The van der Waals surface area contributed by atoms with Gasteiger partial charge >= 0.3 is 0 Å². The van der Waals surface area contributed by atoms with E-state index in [1.807, 2.05) is 6.07 Å². The van der Waals surface area contributed by atoms with Gasteiger partial charge in [0.2, 0.25) is 0 Å². The second-order valence-electron chi connectivity index (χ2n) is 5.01. The number of hydrogen-bond donors (Lipinski definition) is 1. The molecule has 1 aromatic heterocycles. The summed E-state index contributed by atoms with van der Waals surface area (Å²) in [6.45, 7) is 5.04. The number of terminal acetylenes is 1. The Morgan fingerprint density at radius 2 is 2.15 bits per heavy atom. The molecule has 2 rings (SSSR count). The van der Waals surface area contributed by atoms with Crippen molar-refractivity contribution in [1.82, 2.24) is 14.9 Å². The van der Waals surface area contributed by atoms with Gasteiger partial charge in [0, 0.05) is 13.0 Å². The second kappa shape index (κ2) is 7.72. The summed E-state index contributed by atoms with van der Waals surface area (Å²) < 4.78 is 2.32. The fraction of sp³-hybridized carbons (Fsp3) is 0.471. The number of benzene rings is 1. The van der Waals surface area contributed by atoms with Crippen molar-refractivity contribution in [2.75, 3.05) is 6.54 Å². The summed E-state index contributed by atoms with van der Waals surface area (Å²) in [5, 5.41) is 3.47. The van der Waals surface area contributed by atoms with E-state index in [0.717, 1.165) is 56.7 Å². The first-order valence-corrected chi connectivity index (χ1v) is 7.45. The first-order chi connectivity index (χ1) is 9.86. The monoisotopic (exact) mass is 269 g/mol. The number of unbranched alkanes of at least 4 members (excludes halogenated alkanes) is 2. The summed E-state index contributed by atoms with van der Waals surface area (Å²) in [4.78, 5) is 4.73. The lowest BCUT2D eigenvalue weighted by Crippen LogP contribution is -2.18. The van der Waals surface area contributed by atoms with E-state index in [1.165, 1.54) is 5.52 Å². The van der Waals surface area contributed by atoms with Crippen molar-refractivity contribution in [1.29, 1.82) is 0 Å². The quantitative estimate of drug-likeness (QED) is 0.588. The smallest absolute Gasteiger partial charge is 0.123 e. The third-order valence-electron chi connectivity index (χ3n) is 3.39. The average molecular weight is 269 g/mol. The van der Waals surface area contributed by atoms with Crippen molar-refractivity contribution in [2.45, 2.75) is 45.7 Å². The van der Waals surface area contributed by atoms with Crippen LogP contribution in [0, 0.1) is 12.3 Å². The van der Waals surface area contributed by atoms with Crippen LogP contribution in [0.4, 0.5) is 0 Å². The van der Waals surface area contributed by atoms with Gasteiger partial charge in [-0.2, -0.15) is 0 Å². The molecule has 0 aliphatic rings. The molecule has 20 heavy (non-hydrogen) atoms. The number of rotatable bonds is 8. The van der Waals surface area contributed by atoms with Gasteiger partial charge in [0.1, 0.15) is 5.82 Å². The molecule has 0 saturated carbocycles. The van der Waals surface area contributed by atoms with Gasteiger partial charge in [0.25, 0.3) is 0 Å². The molecule has 1 aromatic carbocycles. The predicted octanol–water partition coefficient (Wildman–Crippen LogP) is 3.34. The highest BCUT2D eigenvalue weighted by Gasteiger charge is 2.08. The minimum atomic E-state index is 0.824. The maximum atomic E-state index is 5.25. The van der Waals surface area contributed by atoms with Crippen molar-refractivity contribution in [3.63, 3.8) is 0 Å². The molecular formula is C17H23N3. The Labute approximate surface area is 121 Å². The molecule has 0 radical (unpaired) electrons. The molecule has 0 aliphatic heterocycles. The van der Waals surface area contributed by atoms with E-state index < -0.39 is 0 Å². The van der Waals surface area contributed by atoms with Crippen LogP contribution in [0.15, 0.2) is 24.3 Å². The van der Waals surface area contributed by atoms with Gasteiger partial charge in [-0.25, -0.2) is 4.98 Å². The number of imidazole rings is 1. The molecule has 1 heterocycles. The number of nitrogens with one attached hydrogen (secondary N) is 1. The predicted molar refractivity (Wildman–Crippen MR) is 84.4 cm³/mol. The molecule has 0 atom stereocenters. The minimum Gasteiger partial charge on any atom is -0.327 e. The summed E-state index contributed by atoms with van der Waals surface area (Å²) >= 11 is 0. The Morgan fingerprint density at radius 1 is 1.30 bits per heavy atom. The molecular weight excluding hydrogens is 246 g/mol. The van der Waals surface area contributed by atoms with Crippen LogP contribution in [0.3, 0.4) is 0 Å². The molecule has 3 nitrogen and oxygen atoms in total. The zero-order valence-electron chi connectivity index (χ0n) is 12.2. The van der Waals surface area contributed by atoms with E-state index in [-0.39, 0.29) is 0 Å². The van der Waals surface area contributed by atoms with E-state index in [0.29, 0.717) is 0 Å². The number of fused-ring (bicyclic) bond motifs is 1. The number of aryl methyl sites for hydroxylation is 1. The molecule has 0 amide bonds. The Bertz CT molecular complexity index is 577. The lowest BCUT2D eigenvalue weighted by atomic mass is 10.2.